The maximum atomic E-state index is 12.7. The van der Waals surface area contributed by atoms with Crippen molar-refractivity contribution in [1.29, 1.82) is 0 Å². The molecule has 0 radical (unpaired) electrons. The van der Waals surface area contributed by atoms with Crippen LogP contribution in [0.3, 0.4) is 0 Å². The van der Waals surface area contributed by atoms with Gasteiger partial charge in [0.05, 0.1) is 16.7 Å². The van der Waals surface area contributed by atoms with Crippen molar-refractivity contribution < 1.29 is 88.8 Å². The number of amides is 6. The predicted molar refractivity (Wildman–Crippen MR) is 304 cm³/mol. The number of carbonyl (C=O) groups excluding carboxylic acids is 9. The van der Waals surface area contributed by atoms with Gasteiger partial charge in [-0.05, 0) is 105 Å². The number of thiophene rings is 1. The van der Waals surface area contributed by atoms with Crippen LogP contribution in [-0.4, -0.2) is 98.0 Å². The molecule has 17 nitrogen and oxygen atoms in total. The van der Waals surface area contributed by atoms with E-state index >= 15 is 0 Å². The third kappa shape index (κ3) is 19.3. The third-order valence-electron chi connectivity index (χ3n) is 12.2. The third-order valence-corrected chi connectivity index (χ3v) is 33.2. The molecule has 78 heavy (non-hydrogen) atoms. The summed E-state index contributed by atoms with van der Waals surface area (Å²) >= 11 is 2.82. The molecular formula is C56H59I3N3O14SSn+. The zero-order valence-corrected chi connectivity index (χ0v) is 53.4. The van der Waals surface area contributed by atoms with Gasteiger partial charge in [-0.25, -0.2) is 14.4 Å². The molecule has 1 N–H and O–H groups in total. The Kier molecular flexibility index (Phi) is 26.3. The molecular weight excluding hydrogens is 1470 g/mol. The summed E-state index contributed by atoms with van der Waals surface area (Å²) in [6, 6.07) is 32.6. The van der Waals surface area contributed by atoms with Crippen molar-refractivity contribution in [3.8, 4) is 0 Å². The van der Waals surface area contributed by atoms with Crippen molar-refractivity contribution >= 4 is 138 Å². The van der Waals surface area contributed by atoms with Crippen molar-refractivity contribution in [2.24, 2.45) is 0 Å². The molecule has 6 amide bonds. The number of halogens is 3. The van der Waals surface area contributed by atoms with E-state index in [9.17, 15) is 47.9 Å². The summed E-state index contributed by atoms with van der Waals surface area (Å²) in [6.07, 6.45) is 7.91. The van der Waals surface area contributed by atoms with Crippen LogP contribution >= 0.6 is 56.5 Å². The van der Waals surface area contributed by atoms with Gasteiger partial charge in [0.2, 0.25) is 2.88 Å². The van der Waals surface area contributed by atoms with E-state index in [0.717, 1.165) is 10.7 Å². The SMILES string of the molecule is CCC[CH2][Sn]([CH2]CCC)([CH2]CCC)[c]1cccc(C(=O)ON2C(=O)CCC2=O)c1.O=C(O)c1cccc(I)c1.O=C(ON1C(=O)CCC1=O)c1cccc(I)c1.O=C(ON1C(=O)CCC1=O)c1cccc([I+]c2cccs2)c1. The van der Waals surface area contributed by atoms with Gasteiger partial charge in [-0.1, -0.05) is 29.5 Å². The molecule has 0 spiro atoms. The number of hydrogen-bond acceptors (Lipinski definition) is 14. The van der Waals surface area contributed by atoms with Gasteiger partial charge < -0.3 is 14.8 Å². The topological polar surface area (TPSA) is 228 Å². The Labute approximate surface area is 498 Å². The molecule has 0 unspecified atom stereocenters. The molecule has 3 aliphatic heterocycles. The Morgan fingerprint density at radius 1 is 0.513 bits per heavy atom. The fraction of sp³-hybridized carbons (Fsp3) is 0.321. The van der Waals surface area contributed by atoms with Gasteiger partial charge in [0, 0.05) is 45.0 Å². The number of carboxylic acid groups (broad SMARTS) is 1. The number of nitrogens with zero attached hydrogens (tertiary/aromatic N) is 3. The van der Waals surface area contributed by atoms with Gasteiger partial charge in [-0.3, -0.25) is 19.2 Å². The van der Waals surface area contributed by atoms with Gasteiger partial charge in [0.15, 0.2) is 3.57 Å². The molecule has 5 aromatic rings. The number of carbonyl (C=O) groups is 10. The molecule has 0 saturated carbocycles. The van der Waals surface area contributed by atoms with Crippen LogP contribution in [0.1, 0.15) is 139 Å². The first-order chi connectivity index (χ1) is 37.4. The fourth-order valence-electron chi connectivity index (χ4n) is 8.04. The Morgan fingerprint density at radius 2 is 0.885 bits per heavy atom. The summed E-state index contributed by atoms with van der Waals surface area (Å²) in [5.74, 6) is -5.66. The van der Waals surface area contributed by atoms with E-state index in [1.807, 2.05) is 41.8 Å². The molecule has 0 bridgehead atoms. The van der Waals surface area contributed by atoms with E-state index in [-0.39, 0.29) is 59.7 Å². The normalized spacial score (nSPS) is 14.0. The van der Waals surface area contributed by atoms with E-state index in [1.54, 1.807) is 72.0 Å². The van der Waals surface area contributed by atoms with Crippen molar-refractivity contribution in [2.75, 3.05) is 0 Å². The fourth-order valence-corrected chi connectivity index (χ4v) is 29.0. The summed E-state index contributed by atoms with van der Waals surface area (Å²) in [5, 5.41) is 12.3. The van der Waals surface area contributed by atoms with Crippen LogP contribution < -0.4 is 24.8 Å². The standard InChI is InChI=1S/C15H11INO4S.C11H8INO4.C11H8NO4.C7H5IO2.3C4H9.Sn/c18-13-6-7-14(19)17(13)21-15(20)10-3-1-4-11(9-10)16-12-5-2-8-22-12;12-8-3-1-2-7(6-8)11(16)17-13-9(14)4-5-10(13)15;13-9-6-7-10(14)12(9)16-11(15)8-4-2-1-3-5-8;8-6-3-1-2-5(4-6)7(9)10;3*1-3-4-2;/h1-5,8-9H,6-7H2;1-3,6H,4-5H2;1-2,4-5H,6-7H2;1-4H,(H,9,10);3*1,3-4H2,2H3;/q+1;;;;;;;. The number of carboxylic acids is 1. The van der Waals surface area contributed by atoms with Crippen LogP contribution in [0.15, 0.2) is 115 Å². The van der Waals surface area contributed by atoms with Crippen molar-refractivity contribution in [1.82, 2.24) is 15.2 Å². The Morgan fingerprint density at radius 3 is 1.26 bits per heavy atom. The van der Waals surface area contributed by atoms with Gasteiger partial charge in [0.25, 0.3) is 23.6 Å². The minimum absolute atomic E-state index is 0.0933. The van der Waals surface area contributed by atoms with Crippen LogP contribution in [0.5, 0.6) is 0 Å². The van der Waals surface area contributed by atoms with Crippen LogP contribution in [0, 0.1) is 13.6 Å². The molecule has 3 fully saturated rings. The van der Waals surface area contributed by atoms with E-state index in [2.05, 4.69) is 78.1 Å². The summed E-state index contributed by atoms with van der Waals surface area (Å²) in [5.41, 5.74) is 1.44. The second kappa shape index (κ2) is 32.2. The smallest absolute Gasteiger partial charge is 0.369 e. The first kappa shape index (κ1) is 63.7. The number of unbranched alkanes of at least 4 members (excludes halogenated alkanes) is 3. The van der Waals surface area contributed by atoms with E-state index in [4.69, 9.17) is 19.6 Å². The average Bonchev–Trinajstić information content (AvgIpc) is 4.27. The van der Waals surface area contributed by atoms with E-state index in [0.29, 0.717) is 37.4 Å². The monoisotopic (exact) mass is 1530 g/mol. The zero-order chi connectivity index (χ0) is 56.8. The summed E-state index contributed by atoms with van der Waals surface area (Å²) < 4.78 is 9.51. The molecule has 3 saturated heterocycles. The minimum Gasteiger partial charge on any atom is -0.478 e. The molecule has 3 aliphatic rings. The first-order valence-corrected chi connectivity index (χ1v) is 37.9. The maximum Gasteiger partial charge on any atom is 0.369 e. The second-order valence-electron chi connectivity index (χ2n) is 17.9. The molecule has 8 rings (SSSR count). The molecule has 412 valence electrons. The molecule has 4 heterocycles. The molecule has 0 aliphatic carbocycles. The van der Waals surface area contributed by atoms with Crippen molar-refractivity contribution in [2.45, 2.75) is 111 Å². The van der Waals surface area contributed by atoms with Crippen molar-refractivity contribution in [3.05, 3.63) is 150 Å². The second-order valence-corrected chi connectivity index (χ2v) is 38.3. The molecule has 4 aromatic carbocycles. The summed E-state index contributed by atoms with van der Waals surface area (Å²) in [6.45, 7) is 6.73. The Bertz CT molecular complexity index is 2910. The molecule has 1 aromatic heterocycles. The number of hydroxylamine groups is 6. The van der Waals surface area contributed by atoms with Gasteiger partial charge in [0.1, 0.15) is 0 Å². The largest absolute Gasteiger partial charge is 0.478 e. The van der Waals surface area contributed by atoms with Crippen LogP contribution in [0.4, 0.5) is 0 Å². The Balaban J connectivity index is 0.000000203. The number of hydrogen-bond donors (Lipinski definition) is 1. The van der Waals surface area contributed by atoms with Crippen LogP contribution in [0.2, 0.25) is 13.3 Å². The molecule has 22 heteroatoms. The average molecular weight is 1530 g/mol. The number of aromatic carboxylic acids is 1. The number of imide groups is 3. The first-order valence-electron chi connectivity index (χ1n) is 25.3. The molecule has 0 atom stereocenters. The van der Waals surface area contributed by atoms with Gasteiger partial charge in [-0.15, -0.1) is 10.1 Å². The van der Waals surface area contributed by atoms with Crippen LogP contribution in [-0.2, 0) is 43.3 Å². The van der Waals surface area contributed by atoms with E-state index < -0.39 is 77.7 Å². The van der Waals surface area contributed by atoms with Crippen LogP contribution in [0.25, 0.3) is 0 Å². The Hall–Kier alpha value is -5.13. The quantitative estimate of drug-likeness (QED) is 0.0478. The number of benzene rings is 4. The number of rotatable bonds is 19. The van der Waals surface area contributed by atoms with E-state index in [1.165, 1.54) is 58.3 Å². The summed E-state index contributed by atoms with van der Waals surface area (Å²) in [7, 11) is 0. The van der Waals surface area contributed by atoms with Gasteiger partial charge >= 0.3 is 218 Å². The zero-order valence-electron chi connectivity index (χ0n) is 43.2. The predicted octanol–water partition coefficient (Wildman–Crippen LogP) is 7.56. The summed E-state index contributed by atoms with van der Waals surface area (Å²) in [4.78, 5) is 131. The van der Waals surface area contributed by atoms with Crippen molar-refractivity contribution in [3.63, 3.8) is 0 Å². The minimum atomic E-state index is -2.66. The maximum absolute atomic E-state index is 12.7. The van der Waals surface area contributed by atoms with Gasteiger partial charge in [-0.2, -0.15) is 0 Å².